The van der Waals surface area contributed by atoms with Gasteiger partial charge in [0.05, 0.1) is 26.6 Å². The van der Waals surface area contributed by atoms with Gasteiger partial charge in [-0.15, -0.1) is 0 Å². The van der Waals surface area contributed by atoms with Gasteiger partial charge in [0.25, 0.3) is 11.8 Å². The first-order chi connectivity index (χ1) is 16.1. The third-order valence-electron chi connectivity index (χ3n) is 6.41. The predicted molar refractivity (Wildman–Crippen MR) is 131 cm³/mol. The second-order valence-electron chi connectivity index (χ2n) is 9.12. The molecule has 1 fully saturated rings. The Kier molecular flexibility index (Phi) is 6.29. The van der Waals surface area contributed by atoms with Crippen molar-refractivity contribution in [2.24, 2.45) is 10.7 Å². The topological polar surface area (TPSA) is 126 Å². The van der Waals surface area contributed by atoms with Gasteiger partial charge in [0.2, 0.25) is 0 Å². The monoisotopic (exact) mass is 550 g/mol. The van der Waals surface area contributed by atoms with E-state index in [4.69, 9.17) is 28.9 Å². The number of hydrogen-bond donors (Lipinski definition) is 4. The number of nitrogens with two attached hydrogens (primary N) is 1. The smallest absolute Gasteiger partial charge is 0.276 e. The molecule has 5 N–H and O–H groups in total. The number of pyridine rings is 2. The Labute approximate surface area is 211 Å². The van der Waals surface area contributed by atoms with Crippen molar-refractivity contribution in [2.45, 2.75) is 48.7 Å². The van der Waals surface area contributed by atoms with E-state index in [0.29, 0.717) is 0 Å². The Morgan fingerprint density at radius 1 is 1.31 bits per heavy atom. The van der Waals surface area contributed by atoms with E-state index in [9.17, 15) is 18.1 Å². The van der Waals surface area contributed by atoms with Crippen LogP contribution in [0.25, 0.3) is 0 Å². The molecule has 8 nitrogen and oxygen atoms in total. The van der Waals surface area contributed by atoms with Gasteiger partial charge in [-0.25, -0.2) is 23.1 Å². The summed E-state index contributed by atoms with van der Waals surface area (Å²) < 4.78 is 57.3. The standard InChI is InChI=1S/C21H23Cl2F3N6O2S/c1-19(2)18(27)32-20(3,13-7-21(25,26)9-29-35(13,19)34)16-12(24)4-5-14(30-16)31-17(33)15-11(23)6-10(22)8-28-15/h4-6,8,13,29,34H,7,9H2,1-3H3,(H2,27,32)(H,30,31,33)/t13-,20+/m1/s1. The maximum absolute atomic E-state index is 15.2. The molecule has 0 saturated carbocycles. The van der Waals surface area contributed by atoms with Gasteiger partial charge >= 0.3 is 0 Å². The van der Waals surface area contributed by atoms with Crippen LogP contribution in [-0.2, 0) is 5.54 Å². The third kappa shape index (κ3) is 4.25. The lowest BCUT2D eigenvalue weighted by atomic mass is 9.88. The quantitative estimate of drug-likeness (QED) is 0.437. The molecule has 3 atom stereocenters. The number of nitrogens with zero attached hydrogens (tertiary/aromatic N) is 3. The minimum Gasteiger partial charge on any atom is -0.386 e. The number of aromatic nitrogens is 2. The van der Waals surface area contributed by atoms with Gasteiger partial charge in [-0.3, -0.25) is 14.5 Å². The number of amides is 1. The lowest BCUT2D eigenvalue weighted by molar-refractivity contribution is -0.0148. The fourth-order valence-corrected chi connectivity index (χ4v) is 8.14. The van der Waals surface area contributed by atoms with E-state index in [1.165, 1.54) is 25.3 Å². The molecule has 14 heteroatoms. The first-order valence-electron chi connectivity index (χ1n) is 10.4. The van der Waals surface area contributed by atoms with E-state index in [0.717, 1.165) is 6.07 Å². The average Bonchev–Trinajstić information content (AvgIpc) is 2.75. The summed E-state index contributed by atoms with van der Waals surface area (Å²) in [5.41, 5.74) is 3.93. The molecule has 0 aliphatic carbocycles. The molecule has 0 aromatic carbocycles. The maximum Gasteiger partial charge on any atom is 0.276 e. The minimum absolute atomic E-state index is 0.0136. The van der Waals surface area contributed by atoms with Crippen LogP contribution in [0.1, 0.15) is 43.4 Å². The number of rotatable bonds is 3. The first kappa shape index (κ1) is 26.0. The van der Waals surface area contributed by atoms with E-state index in [-0.39, 0.29) is 33.1 Å². The van der Waals surface area contributed by atoms with Crippen molar-refractivity contribution >= 4 is 51.3 Å². The van der Waals surface area contributed by atoms with Crippen molar-refractivity contribution in [1.82, 2.24) is 14.7 Å². The zero-order valence-electron chi connectivity index (χ0n) is 18.9. The van der Waals surface area contributed by atoms with Gasteiger partial charge in [0.1, 0.15) is 34.4 Å². The molecule has 1 unspecified atom stereocenters. The van der Waals surface area contributed by atoms with Crippen LogP contribution in [0.5, 0.6) is 0 Å². The first-order valence-corrected chi connectivity index (χ1v) is 12.8. The summed E-state index contributed by atoms with van der Waals surface area (Å²) in [6.45, 7) is 3.86. The maximum atomic E-state index is 15.2. The van der Waals surface area contributed by atoms with Gasteiger partial charge in [0, 0.05) is 12.6 Å². The number of carbonyl (C=O) groups is 1. The van der Waals surface area contributed by atoms with Gasteiger partial charge < -0.3 is 15.6 Å². The van der Waals surface area contributed by atoms with Crippen LogP contribution in [0.2, 0.25) is 10.0 Å². The Hall–Kier alpha value is -2.12. The number of halogens is 5. The second-order valence-corrected chi connectivity index (χ2v) is 13.1. The van der Waals surface area contributed by atoms with Gasteiger partial charge in [-0.2, -0.15) is 0 Å². The normalized spacial score (nSPS) is 31.0. The molecule has 2 aromatic heterocycles. The van der Waals surface area contributed by atoms with Crippen molar-refractivity contribution in [3.8, 4) is 0 Å². The van der Waals surface area contributed by atoms with Crippen LogP contribution in [-0.4, -0.2) is 48.7 Å². The van der Waals surface area contributed by atoms with Gasteiger partial charge in [-0.05, 0) is 39.0 Å². The average molecular weight is 551 g/mol. The van der Waals surface area contributed by atoms with E-state index < -0.39 is 56.6 Å². The van der Waals surface area contributed by atoms with Crippen molar-refractivity contribution in [3.05, 3.63) is 51.6 Å². The summed E-state index contributed by atoms with van der Waals surface area (Å²) in [5, 5.41) is 1.44. The SMILES string of the molecule is CC1(C)C(N)=N[C@](C)(c2nc(NC(=O)c3ncc(Cl)cc3Cl)ccc2F)[C@H]2CC(F)(F)CNS21O. The summed E-state index contributed by atoms with van der Waals surface area (Å²) in [6, 6.07) is 3.54. The number of nitrogens with one attached hydrogen (secondary N) is 2. The summed E-state index contributed by atoms with van der Waals surface area (Å²) in [5.74, 6) is -4.92. The van der Waals surface area contributed by atoms with E-state index in [1.54, 1.807) is 13.8 Å². The van der Waals surface area contributed by atoms with Crippen molar-refractivity contribution in [2.75, 3.05) is 11.9 Å². The van der Waals surface area contributed by atoms with E-state index >= 15 is 4.39 Å². The number of anilines is 1. The molecule has 4 rings (SSSR count). The number of alkyl halides is 2. The van der Waals surface area contributed by atoms with Crippen LogP contribution < -0.4 is 15.8 Å². The van der Waals surface area contributed by atoms with Crippen LogP contribution in [0.4, 0.5) is 19.0 Å². The minimum atomic E-state index is -3.18. The summed E-state index contributed by atoms with van der Waals surface area (Å²) in [6.07, 6.45) is 0.471. The fourth-order valence-electron chi connectivity index (χ4n) is 4.29. The van der Waals surface area contributed by atoms with Gasteiger partial charge in [0.15, 0.2) is 0 Å². The molecule has 190 valence electrons. The molecule has 35 heavy (non-hydrogen) atoms. The van der Waals surface area contributed by atoms with Gasteiger partial charge in [-0.1, -0.05) is 33.7 Å². The highest BCUT2D eigenvalue weighted by Crippen LogP contribution is 2.67. The predicted octanol–water partition coefficient (Wildman–Crippen LogP) is 4.73. The van der Waals surface area contributed by atoms with Crippen LogP contribution in [0, 0.1) is 5.82 Å². The van der Waals surface area contributed by atoms with Crippen molar-refractivity contribution in [1.29, 1.82) is 0 Å². The summed E-state index contributed by atoms with van der Waals surface area (Å²) in [7, 11) is -3.06. The lowest BCUT2D eigenvalue weighted by Gasteiger charge is -2.61. The molecule has 4 heterocycles. The Morgan fingerprint density at radius 2 is 2.00 bits per heavy atom. The number of carbonyl (C=O) groups excluding carboxylic acids is 1. The second kappa shape index (κ2) is 8.48. The fraction of sp³-hybridized carbons (Fsp3) is 0.429. The van der Waals surface area contributed by atoms with Crippen LogP contribution in [0.3, 0.4) is 0 Å². The highest BCUT2D eigenvalue weighted by atomic mass is 35.5. The number of hydrogen-bond acceptors (Lipinski definition) is 7. The molecular formula is C21H23Cl2F3N6O2S. The number of aliphatic imine (C=N–C) groups is 1. The molecule has 2 aliphatic rings. The van der Waals surface area contributed by atoms with Crippen LogP contribution in [0.15, 0.2) is 29.4 Å². The Balaban J connectivity index is 1.79. The number of fused-ring (bicyclic) bond motifs is 1. The highest BCUT2D eigenvalue weighted by Gasteiger charge is 2.64. The molecule has 1 saturated heterocycles. The van der Waals surface area contributed by atoms with Crippen molar-refractivity contribution in [3.63, 3.8) is 0 Å². The third-order valence-corrected chi connectivity index (χ3v) is 10.7. The van der Waals surface area contributed by atoms with E-state index in [1.807, 2.05) is 0 Å². The zero-order valence-corrected chi connectivity index (χ0v) is 21.2. The zero-order chi connectivity index (χ0) is 26.0. The summed E-state index contributed by atoms with van der Waals surface area (Å²) >= 11 is 11.8. The molecule has 1 amide bonds. The Bertz CT molecular complexity index is 1250. The van der Waals surface area contributed by atoms with Crippen molar-refractivity contribution < 1.29 is 22.5 Å². The largest absolute Gasteiger partial charge is 0.386 e. The Morgan fingerprint density at radius 3 is 2.66 bits per heavy atom. The van der Waals surface area contributed by atoms with Crippen LogP contribution >= 0.6 is 33.7 Å². The molecular weight excluding hydrogens is 528 g/mol. The highest BCUT2D eigenvalue weighted by molar-refractivity contribution is 8.29. The molecule has 0 bridgehead atoms. The molecule has 2 aromatic rings. The van der Waals surface area contributed by atoms with E-state index in [2.05, 4.69) is 25.0 Å². The lowest BCUT2D eigenvalue weighted by Crippen LogP contribution is -2.65. The summed E-state index contributed by atoms with van der Waals surface area (Å²) in [4.78, 5) is 25.2. The molecule has 0 spiro atoms. The number of amidine groups is 1. The molecule has 2 aliphatic heterocycles. The molecule has 0 radical (unpaired) electrons.